The largest absolute Gasteiger partial charge is 0.364 e. The number of nitrogens with two attached hydrogens (primary N) is 1. The zero-order valence-corrected chi connectivity index (χ0v) is 19.5. The Morgan fingerprint density at radius 2 is 1.48 bits per heavy atom. The number of nitrogens with zero attached hydrogens (tertiary/aromatic N) is 1. The molecule has 13 heteroatoms. The van der Waals surface area contributed by atoms with Crippen molar-refractivity contribution in [1.29, 1.82) is 0 Å². The van der Waals surface area contributed by atoms with Gasteiger partial charge in [-0.15, -0.1) is 0 Å². The average molecular weight is 517 g/mol. The molecule has 0 bridgehead atoms. The molecule has 0 spiro atoms. The number of primary amides is 1. The number of hydrogen-bond donors (Lipinski definition) is 7. The molecule has 33 heavy (non-hydrogen) atoms. The molecule has 0 unspecified atom stereocenters. The summed E-state index contributed by atoms with van der Waals surface area (Å²) in [5.41, 5.74) is 7.92. The van der Waals surface area contributed by atoms with Crippen molar-refractivity contribution in [1.82, 2.24) is 19.9 Å². The molecule has 3 aromatic heterocycles. The van der Waals surface area contributed by atoms with E-state index >= 15 is 0 Å². The molecule has 0 radical (unpaired) electrons. The van der Waals surface area contributed by atoms with E-state index < -0.39 is 23.6 Å². The summed E-state index contributed by atoms with van der Waals surface area (Å²) in [4.78, 5) is 60.9. The van der Waals surface area contributed by atoms with E-state index in [2.05, 4.69) is 58.4 Å². The zero-order chi connectivity index (χ0) is 24.4. The highest BCUT2D eigenvalue weighted by molar-refractivity contribution is 9.12. The molecule has 0 saturated heterocycles. The van der Waals surface area contributed by atoms with Gasteiger partial charge >= 0.3 is 0 Å². The summed E-state index contributed by atoms with van der Waals surface area (Å²) in [7, 11) is 0. The quantitative estimate of drug-likeness (QED) is 0.236. The zero-order valence-electron chi connectivity index (χ0n) is 17.9. The molecule has 0 aliphatic heterocycles. The summed E-state index contributed by atoms with van der Waals surface area (Å²) in [6.07, 6.45) is 2.93. The summed E-state index contributed by atoms with van der Waals surface area (Å²) in [6, 6.07) is 0. The molecule has 0 atom stereocenters. The molecule has 8 N–H and O–H groups in total. The van der Waals surface area contributed by atoms with Crippen LogP contribution in [-0.4, -0.2) is 43.6 Å². The van der Waals surface area contributed by atoms with Crippen LogP contribution in [0.5, 0.6) is 0 Å². The van der Waals surface area contributed by atoms with Crippen LogP contribution < -0.4 is 21.7 Å². The number of hydrogen-bond acceptors (Lipinski definition) is 5. The first-order valence-electron chi connectivity index (χ1n) is 9.50. The minimum Gasteiger partial charge on any atom is -0.364 e. The first-order chi connectivity index (χ1) is 15.5. The number of H-pyrrole nitrogens is 3. The van der Waals surface area contributed by atoms with Gasteiger partial charge in [0.05, 0.1) is 21.6 Å². The second-order valence-electron chi connectivity index (χ2n) is 7.10. The van der Waals surface area contributed by atoms with Crippen molar-refractivity contribution in [2.24, 2.45) is 5.73 Å². The van der Waals surface area contributed by atoms with Gasteiger partial charge in [-0.05, 0) is 36.7 Å². The minimum atomic E-state index is -0.637. The molecular weight excluding hydrogens is 496 g/mol. The molecule has 3 rings (SSSR count). The maximum absolute atomic E-state index is 12.7. The maximum Gasteiger partial charge on any atom is 0.291 e. The Balaban J connectivity index is 1.73. The summed E-state index contributed by atoms with van der Waals surface area (Å²) in [5, 5.41) is 7.87. The monoisotopic (exact) mass is 516 g/mol. The van der Waals surface area contributed by atoms with Crippen LogP contribution in [0, 0.1) is 20.8 Å². The Bertz CT molecular complexity index is 1300. The Hall–Kier alpha value is -4.13. The van der Waals surface area contributed by atoms with Gasteiger partial charge in [0.2, 0.25) is 0 Å². The molecule has 4 amide bonds. The van der Waals surface area contributed by atoms with E-state index in [-0.39, 0.29) is 27.5 Å². The molecule has 3 heterocycles. The number of imidazole rings is 1. The molecule has 12 nitrogen and oxygen atoms in total. The summed E-state index contributed by atoms with van der Waals surface area (Å²) >= 11 is 2.97. The van der Waals surface area contributed by atoms with Crippen LogP contribution in [0.3, 0.4) is 0 Å². The second kappa shape index (κ2) is 9.16. The Morgan fingerprint density at radius 1 is 0.939 bits per heavy atom. The second-order valence-corrected chi connectivity index (χ2v) is 8.05. The number of carbonyl (C=O) groups excluding carboxylic acids is 4. The molecule has 0 aliphatic rings. The molecule has 0 aliphatic carbocycles. The van der Waals surface area contributed by atoms with Crippen molar-refractivity contribution in [3.05, 3.63) is 57.5 Å². The predicted molar refractivity (Wildman–Crippen MR) is 126 cm³/mol. The summed E-state index contributed by atoms with van der Waals surface area (Å²) in [6.45, 7) is 8.42. The van der Waals surface area contributed by atoms with E-state index in [1.54, 1.807) is 20.8 Å². The number of aromatic amines is 3. The van der Waals surface area contributed by atoms with Crippen molar-refractivity contribution in [2.45, 2.75) is 20.8 Å². The maximum atomic E-state index is 12.7. The SMILES string of the molecule is C=C(Br)C(=O)Nc1nc(C(=O)Nc2c[nH]c(C(=O)Nc3c[nH]c(C(N)=O)c3C)c2C)[nH]c1C. The number of nitrogens with one attached hydrogen (secondary N) is 6. The van der Waals surface area contributed by atoms with Crippen LogP contribution in [0.2, 0.25) is 0 Å². The van der Waals surface area contributed by atoms with Gasteiger partial charge in [-0.25, -0.2) is 4.98 Å². The predicted octanol–water partition coefficient (Wildman–Crippen LogP) is 2.44. The minimum absolute atomic E-state index is 0.0310. The smallest absolute Gasteiger partial charge is 0.291 e. The number of aromatic nitrogens is 4. The van der Waals surface area contributed by atoms with Gasteiger partial charge in [-0.1, -0.05) is 6.58 Å². The molecule has 172 valence electrons. The van der Waals surface area contributed by atoms with Gasteiger partial charge in [0.25, 0.3) is 23.6 Å². The number of carbonyl (C=O) groups is 4. The van der Waals surface area contributed by atoms with E-state index in [1.165, 1.54) is 12.4 Å². The van der Waals surface area contributed by atoms with Crippen LogP contribution in [0.15, 0.2) is 23.5 Å². The Morgan fingerprint density at radius 3 is 2.03 bits per heavy atom. The van der Waals surface area contributed by atoms with Crippen LogP contribution in [0.1, 0.15) is 48.4 Å². The van der Waals surface area contributed by atoms with E-state index in [0.717, 1.165) is 0 Å². The Labute approximate surface area is 195 Å². The van der Waals surface area contributed by atoms with E-state index in [1.807, 2.05) is 0 Å². The van der Waals surface area contributed by atoms with Crippen molar-refractivity contribution in [3.8, 4) is 0 Å². The third kappa shape index (κ3) is 4.87. The number of amides is 4. The van der Waals surface area contributed by atoms with Crippen LogP contribution >= 0.6 is 15.9 Å². The fourth-order valence-corrected chi connectivity index (χ4v) is 3.07. The lowest BCUT2D eigenvalue weighted by Crippen LogP contribution is -2.16. The standard InChI is InChI=1S/C20H21BrN8O4/c1-7-11(5-23-13(7)15(22)30)26-19(32)14-8(2)12(6-24-14)27-20(33)17-25-10(4)16(28-17)29-18(31)9(3)21/h5-6,23-24H,3H2,1-2,4H3,(H2,22,30)(H,25,28)(H,26,32)(H,27,33)(H,29,31). The fourth-order valence-electron chi connectivity index (χ4n) is 2.97. The highest BCUT2D eigenvalue weighted by Crippen LogP contribution is 2.23. The molecular formula is C20H21BrN8O4. The summed E-state index contributed by atoms with van der Waals surface area (Å²) in [5.74, 6) is -2.01. The van der Waals surface area contributed by atoms with E-state index in [0.29, 0.717) is 28.2 Å². The molecule has 0 fully saturated rings. The van der Waals surface area contributed by atoms with Crippen LogP contribution in [0.4, 0.5) is 17.2 Å². The van der Waals surface area contributed by atoms with Crippen LogP contribution in [0.25, 0.3) is 0 Å². The lowest BCUT2D eigenvalue weighted by atomic mass is 10.2. The van der Waals surface area contributed by atoms with Gasteiger partial charge in [-0.2, -0.15) is 0 Å². The van der Waals surface area contributed by atoms with Crippen molar-refractivity contribution in [3.63, 3.8) is 0 Å². The lowest BCUT2D eigenvalue weighted by Gasteiger charge is -2.06. The first-order valence-corrected chi connectivity index (χ1v) is 10.3. The topological polar surface area (TPSA) is 191 Å². The fraction of sp³-hybridized carbons (Fsp3) is 0.150. The highest BCUT2D eigenvalue weighted by Gasteiger charge is 2.21. The van der Waals surface area contributed by atoms with Gasteiger partial charge < -0.3 is 36.6 Å². The normalized spacial score (nSPS) is 10.5. The third-order valence-corrected chi connectivity index (χ3v) is 5.19. The van der Waals surface area contributed by atoms with Gasteiger partial charge in [0.15, 0.2) is 11.6 Å². The van der Waals surface area contributed by atoms with Gasteiger partial charge in [-0.3, -0.25) is 19.2 Å². The lowest BCUT2D eigenvalue weighted by molar-refractivity contribution is -0.112. The van der Waals surface area contributed by atoms with Crippen molar-refractivity contribution >= 4 is 56.8 Å². The highest BCUT2D eigenvalue weighted by atomic mass is 79.9. The number of halogens is 1. The summed E-state index contributed by atoms with van der Waals surface area (Å²) < 4.78 is 0.116. The van der Waals surface area contributed by atoms with Crippen molar-refractivity contribution < 1.29 is 19.2 Å². The number of rotatable bonds is 7. The third-order valence-electron chi connectivity index (χ3n) is 4.83. The number of anilines is 3. The van der Waals surface area contributed by atoms with Crippen molar-refractivity contribution in [2.75, 3.05) is 16.0 Å². The van der Waals surface area contributed by atoms with Crippen LogP contribution in [-0.2, 0) is 4.79 Å². The van der Waals surface area contributed by atoms with E-state index in [4.69, 9.17) is 5.73 Å². The van der Waals surface area contributed by atoms with Gasteiger partial charge in [0.1, 0.15) is 11.4 Å². The average Bonchev–Trinajstić information content (AvgIpc) is 3.40. The Kier molecular flexibility index (Phi) is 6.53. The first kappa shape index (κ1) is 23.5. The molecule has 3 aromatic rings. The van der Waals surface area contributed by atoms with E-state index in [9.17, 15) is 19.2 Å². The molecule has 0 aromatic carbocycles. The molecule has 0 saturated carbocycles. The number of aryl methyl sites for hydroxylation is 1. The van der Waals surface area contributed by atoms with Gasteiger partial charge in [0, 0.05) is 23.5 Å².